The van der Waals surface area contributed by atoms with E-state index < -0.39 is 10.0 Å². The molecule has 0 fully saturated rings. The summed E-state index contributed by atoms with van der Waals surface area (Å²) in [7, 11) is -1.80. The van der Waals surface area contributed by atoms with Crippen molar-refractivity contribution in [1.29, 1.82) is 0 Å². The third kappa shape index (κ3) is 3.24. The zero-order chi connectivity index (χ0) is 13.9. The highest BCUT2D eigenvalue weighted by Gasteiger charge is 2.27. The molecule has 0 bridgehead atoms. The zero-order valence-corrected chi connectivity index (χ0v) is 12.3. The van der Waals surface area contributed by atoms with Crippen LogP contribution in [0.1, 0.15) is 11.3 Å². The second kappa shape index (κ2) is 6.15. The van der Waals surface area contributed by atoms with E-state index in [4.69, 9.17) is 9.84 Å². The fourth-order valence-corrected chi connectivity index (χ4v) is 4.69. The van der Waals surface area contributed by atoms with Gasteiger partial charge in [-0.25, -0.2) is 8.42 Å². The monoisotopic (exact) mass is 303 g/mol. The first-order chi connectivity index (χ1) is 9.07. The Hall–Kier alpha value is -0.730. The van der Waals surface area contributed by atoms with Crippen molar-refractivity contribution < 1.29 is 18.3 Å². The molecule has 0 atom stereocenters. The minimum atomic E-state index is -3.43. The maximum absolute atomic E-state index is 12.4. The second-order valence-electron chi connectivity index (χ2n) is 4.29. The van der Waals surface area contributed by atoms with Gasteiger partial charge in [0.1, 0.15) is 4.21 Å². The molecule has 0 spiro atoms. The van der Waals surface area contributed by atoms with Crippen molar-refractivity contribution in [3.05, 3.63) is 28.7 Å². The molecule has 0 unspecified atom stereocenters. The maximum atomic E-state index is 12.4. The molecule has 1 N–H and O–H groups in total. The first-order valence-electron chi connectivity index (χ1n) is 5.94. The molecule has 2 heterocycles. The predicted molar refractivity (Wildman–Crippen MR) is 73.6 cm³/mol. The highest BCUT2D eigenvalue weighted by molar-refractivity contribution is 7.91. The van der Waals surface area contributed by atoms with Gasteiger partial charge < -0.3 is 9.84 Å². The van der Waals surface area contributed by atoms with Gasteiger partial charge in [0.25, 0.3) is 10.0 Å². The van der Waals surface area contributed by atoms with Crippen molar-refractivity contribution in [3.8, 4) is 0 Å². The van der Waals surface area contributed by atoms with Crippen LogP contribution in [0.15, 0.2) is 28.0 Å². The van der Waals surface area contributed by atoms with E-state index in [2.05, 4.69) is 0 Å². The van der Waals surface area contributed by atoms with Crippen molar-refractivity contribution in [2.24, 2.45) is 0 Å². The molecule has 2 rings (SSSR count). The van der Waals surface area contributed by atoms with Gasteiger partial charge in [-0.3, -0.25) is 0 Å². The van der Waals surface area contributed by atoms with Gasteiger partial charge in [0.05, 0.1) is 13.2 Å². The highest BCUT2D eigenvalue weighted by Crippen LogP contribution is 2.26. The molecule has 5 nitrogen and oxygen atoms in total. The summed E-state index contributed by atoms with van der Waals surface area (Å²) in [6.45, 7) is 1.29. The van der Waals surface area contributed by atoms with E-state index in [1.54, 1.807) is 19.2 Å². The van der Waals surface area contributed by atoms with Crippen LogP contribution in [0.2, 0.25) is 0 Å². The van der Waals surface area contributed by atoms with Gasteiger partial charge in [0, 0.05) is 25.1 Å². The third-order valence-electron chi connectivity index (χ3n) is 2.98. The smallest absolute Gasteiger partial charge is 0.252 e. The molecule has 1 aliphatic rings. The number of aliphatic hydroxyl groups excluding tert-OH is 1. The molecule has 0 saturated heterocycles. The first kappa shape index (κ1) is 14.7. The number of nitrogens with zero attached hydrogens (tertiary/aromatic N) is 1. The summed E-state index contributed by atoms with van der Waals surface area (Å²) >= 11 is 1.12. The fourth-order valence-electron chi connectivity index (χ4n) is 1.94. The van der Waals surface area contributed by atoms with Crippen molar-refractivity contribution in [2.45, 2.75) is 17.2 Å². The highest BCUT2D eigenvalue weighted by atomic mass is 32.2. The van der Waals surface area contributed by atoms with Gasteiger partial charge in [0.2, 0.25) is 0 Å². The molecule has 0 amide bonds. The molecule has 0 aromatic carbocycles. The van der Waals surface area contributed by atoms with Crippen molar-refractivity contribution in [1.82, 2.24) is 4.31 Å². The zero-order valence-electron chi connectivity index (χ0n) is 10.7. The van der Waals surface area contributed by atoms with Crippen molar-refractivity contribution in [2.75, 3.05) is 26.8 Å². The van der Waals surface area contributed by atoms with Crippen LogP contribution < -0.4 is 0 Å². The molecular formula is C12H17NO4S2. The molecule has 19 heavy (non-hydrogen) atoms. The summed E-state index contributed by atoms with van der Waals surface area (Å²) in [5.41, 5.74) is 1.14. The Labute approximate surface area is 117 Å². The molecule has 1 aliphatic heterocycles. The molecule has 1 aromatic heterocycles. The van der Waals surface area contributed by atoms with E-state index in [9.17, 15) is 8.42 Å². The number of aliphatic hydroxyl groups is 1. The van der Waals surface area contributed by atoms with Crippen LogP contribution in [0.3, 0.4) is 0 Å². The quantitative estimate of drug-likeness (QED) is 0.830. The average Bonchev–Trinajstić information content (AvgIpc) is 2.89. The molecule has 0 saturated carbocycles. The van der Waals surface area contributed by atoms with Crippen LogP contribution in [0.25, 0.3) is 0 Å². The lowest BCUT2D eigenvalue weighted by Crippen LogP contribution is -2.34. The summed E-state index contributed by atoms with van der Waals surface area (Å²) in [6, 6.07) is 3.20. The van der Waals surface area contributed by atoms with E-state index >= 15 is 0 Å². The van der Waals surface area contributed by atoms with E-state index in [1.165, 1.54) is 4.31 Å². The minimum Gasteiger partial charge on any atom is -0.391 e. The number of ether oxygens (including phenoxy) is 1. The van der Waals surface area contributed by atoms with E-state index in [0.29, 0.717) is 35.2 Å². The summed E-state index contributed by atoms with van der Waals surface area (Å²) in [5, 5.41) is 9.00. The van der Waals surface area contributed by atoms with Crippen molar-refractivity contribution in [3.63, 3.8) is 0 Å². The summed E-state index contributed by atoms with van der Waals surface area (Å²) < 4.78 is 31.5. The second-order valence-corrected chi connectivity index (χ2v) is 7.62. The van der Waals surface area contributed by atoms with Gasteiger partial charge in [-0.15, -0.1) is 11.3 Å². The van der Waals surface area contributed by atoms with Gasteiger partial charge in [-0.2, -0.15) is 4.31 Å². The molecule has 7 heteroatoms. The summed E-state index contributed by atoms with van der Waals surface area (Å²) in [4.78, 5) is 0.659. The Balaban J connectivity index is 2.13. The van der Waals surface area contributed by atoms with Gasteiger partial charge >= 0.3 is 0 Å². The number of hydrogen-bond acceptors (Lipinski definition) is 5. The molecular weight excluding hydrogens is 286 g/mol. The fraction of sp³-hybridized carbons (Fsp3) is 0.500. The van der Waals surface area contributed by atoms with Crippen LogP contribution in [-0.4, -0.2) is 44.6 Å². The van der Waals surface area contributed by atoms with Crippen LogP contribution >= 0.6 is 11.3 Å². The first-order valence-corrected chi connectivity index (χ1v) is 8.20. The Morgan fingerprint density at radius 3 is 2.79 bits per heavy atom. The topological polar surface area (TPSA) is 66.8 Å². The molecule has 106 valence electrons. The van der Waals surface area contributed by atoms with E-state index in [1.807, 2.05) is 6.08 Å². The number of methoxy groups -OCH3 is 1. The predicted octanol–water partition coefficient (Wildman–Crippen LogP) is 1.21. The summed E-state index contributed by atoms with van der Waals surface area (Å²) in [5.74, 6) is 0. The van der Waals surface area contributed by atoms with E-state index in [-0.39, 0.29) is 6.61 Å². The third-order valence-corrected chi connectivity index (χ3v) is 6.39. The number of hydrogen-bond donors (Lipinski definition) is 1. The summed E-state index contributed by atoms with van der Waals surface area (Å²) in [6.07, 6.45) is 2.61. The lowest BCUT2D eigenvalue weighted by atomic mass is 10.1. The average molecular weight is 303 g/mol. The van der Waals surface area contributed by atoms with Crippen LogP contribution in [0.5, 0.6) is 0 Å². The molecule has 0 radical (unpaired) electrons. The maximum Gasteiger partial charge on any atom is 0.252 e. The SMILES string of the molecule is COCC1=CCN(S(=O)(=O)c2ccc(CO)s2)CC1. The Bertz CT molecular complexity index is 562. The van der Waals surface area contributed by atoms with Crippen LogP contribution in [-0.2, 0) is 21.4 Å². The largest absolute Gasteiger partial charge is 0.391 e. The van der Waals surface area contributed by atoms with Crippen LogP contribution in [0, 0.1) is 0 Å². The van der Waals surface area contributed by atoms with Gasteiger partial charge in [-0.05, 0) is 24.1 Å². The Morgan fingerprint density at radius 1 is 1.47 bits per heavy atom. The Morgan fingerprint density at radius 2 is 2.26 bits per heavy atom. The number of thiophene rings is 1. The van der Waals surface area contributed by atoms with E-state index in [0.717, 1.165) is 16.9 Å². The standard InChI is InChI=1S/C12H17NO4S2/c1-17-9-10-4-6-13(7-5-10)19(15,16)12-3-2-11(8-14)18-12/h2-4,14H,5-9H2,1H3. The van der Waals surface area contributed by atoms with Crippen molar-refractivity contribution >= 4 is 21.4 Å². The lowest BCUT2D eigenvalue weighted by molar-refractivity contribution is 0.219. The molecule has 0 aliphatic carbocycles. The van der Waals surface area contributed by atoms with Gasteiger partial charge in [0.15, 0.2) is 0 Å². The normalized spacial score (nSPS) is 17.5. The molecule has 1 aromatic rings. The Kier molecular flexibility index (Phi) is 4.75. The lowest BCUT2D eigenvalue weighted by Gasteiger charge is -2.24. The number of sulfonamides is 1. The van der Waals surface area contributed by atoms with Gasteiger partial charge in [-0.1, -0.05) is 6.08 Å². The van der Waals surface area contributed by atoms with Crippen LogP contribution in [0.4, 0.5) is 0 Å². The number of rotatable bonds is 5. The minimum absolute atomic E-state index is 0.127.